The molecule has 4 N–H and O–H groups in total. The molecule has 0 bridgehead atoms. The summed E-state index contributed by atoms with van der Waals surface area (Å²) in [6.45, 7) is 7.23. The Bertz CT molecular complexity index is 987. The standard InChI is InChI=1S/C27H37NO6/c1-5-8-28-26(33)20-12-19(13-29)23(21(14-30)24(20)27(28)34)22(31)7-6-15(2)9-18-10-16(3)25(32)17(4)11-18/h9-11,20-22,24,29-32H,5-8,12-14H2,1-4H3/b15-9+/t20-,21+,22-,24-/m1/s1. The predicted molar refractivity (Wildman–Crippen MR) is 130 cm³/mol. The van der Waals surface area contributed by atoms with Crippen molar-refractivity contribution in [3.05, 3.63) is 45.5 Å². The van der Waals surface area contributed by atoms with Crippen molar-refractivity contribution in [2.45, 2.75) is 59.5 Å². The molecule has 1 aliphatic carbocycles. The zero-order chi connectivity index (χ0) is 25.2. The van der Waals surface area contributed by atoms with E-state index in [1.807, 2.05) is 45.9 Å². The molecule has 1 aliphatic heterocycles. The molecule has 1 heterocycles. The summed E-state index contributed by atoms with van der Waals surface area (Å²) in [5.41, 5.74) is 4.66. The second kappa shape index (κ2) is 10.8. The van der Waals surface area contributed by atoms with Crippen LogP contribution in [0.3, 0.4) is 0 Å². The number of hydrogen-bond donors (Lipinski definition) is 4. The number of allylic oxidation sites excluding steroid dienone is 1. The van der Waals surface area contributed by atoms with E-state index in [1.165, 1.54) is 4.90 Å². The summed E-state index contributed by atoms with van der Waals surface area (Å²) in [6.07, 6.45) is 2.90. The fourth-order valence-corrected chi connectivity index (χ4v) is 5.56. The largest absolute Gasteiger partial charge is 0.507 e. The van der Waals surface area contributed by atoms with Gasteiger partial charge >= 0.3 is 0 Å². The predicted octanol–water partition coefficient (Wildman–Crippen LogP) is 2.87. The molecule has 0 radical (unpaired) electrons. The molecular formula is C27H37NO6. The highest BCUT2D eigenvalue weighted by Crippen LogP contribution is 2.46. The Morgan fingerprint density at radius 2 is 1.82 bits per heavy atom. The number of likely N-dealkylation sites (tertiary alicyclic amines) is 1. The van der Waals surface area contributed by atoms with Crippen LogP contribution in [-0.4, -0.2) is 63.0 Å². The van der Waals surface area contributed by atoms with E-state index >= 15 is 0 Å². The van der Waals surface area contributed by atoms with Gasteiger partial charge in [-0.1, -0.05) is 18.6 Å². The average Bonchev–Trinajstić information content (AvgIpc) is 3.04. The Balaban J connectivity index is 1.80. The van der Waals surface area contributed by atoms with E-state index < -0.39 is 23.9 Å². The van der Waals surface area contributed by atoms with Gasteiger partial charge in [-0.3, -0.25) is 14.5 Å². The Labute approximate surface area is 201 Å². The van der Waals surface area contributed by atoms with Gasteiger partial charge in [0.15, 0.2) is 0 Å². The molecule has 34 heavy (non-hydrogen) atoms. The molecule has 0 saturated carbocycles. The summed E-state index contributed by atoms with van der Waals surface area (Å²) in [5, 5.41) is 41.3. The number of hydrogen-bond acceptors (Lipinski definition) is 6. The van der Waals surface area contributed by atoms with Crippen molar-refractivity contribution in [3.63, 3.8) is 0 Å². The first-order chi connectivity index (χ1) is 16.1. The van der Waals surface area contributed by atoms with Crippen LogP contribution in [-0.2, 0) is 9.59 Å². The number of fused-ring (bicyclic) bond motifs is 1. The van der Waals surface area contributed by atoms with Crippen LogP contribution in [0.5, 0.6) is 5.75 Å². The van der Waals surface area contributed by atoms with E-state index in [2.05, 4.69) is 0 Å². The molecule has 1 aromatic rings. The van der Waals surface area contributed by atoms with Gasteiger partial charge in [0.25, 0.3) is 0 Å². The van der Waals surface area contributed by atoms with Gasteiger partial charge in [-0.05, 0) is 86.4 Å². The van der Waals surface area contributed by atoms with Crippen LogP contribution in [0.1, 0.15) is 56.2 Å². The highest BCUT2D eigenvalue weighted by atomic mass is 16.3. The van der Waals surface area contributed by atoms with Crippen LogP contribution < -0.4 is 0 Å². The quantitative estimate of drug-likeness (QED) is 0.325. The highest BCUT2D eigenvalue weighted by Gasteiger charge is 2.54. The molecular weight excluding hydrogens is 434 g/mol. The number of aromatic hydroxyl groups is 1. The van der Waals surface area contributed by atoms with Crippen molar-refractivity contribution >= 4 is 17.9 Å². The first-order valence-corrected chi connectivity index (χ1v) is 12.1. The van der Waals surface area contributed by atoms with Crippen LogP contribution in [0.2, 0.25) is 0 Å². The SMILES string of the molecule is CCCN1C(=O)[C@@H]2[C@@H](CC(CO)=C([C@H](O)CC/C(C)=C/c3cc(C)c(O)c(C)c3)[C@@H]2CO)C1=O. The van der Waals surface area contributed by atoms with Gasteiger partial charge in [-0.2, -0.15) is 0 Å². The van der Waals surface area contributed by atoms with Crippen molar-refractivity contribution in [1.29, 1.82) is 0 Å². The molecule has 7 nitrogen and oxygen atoms in total. The van der Waals surface area contributed by atoms with Gasteiger partial charge < -0.3 is 20.4 Å². The minimum Gasteiger partial charge on any atom is -0.507 e. The maximum Gasteiger partial charge on any atom is 0.233 e. The van der Waals surface area contributed by atoms with E-state index in [9.17, 15) is 30.0 Å². The molecule has 2 amide bonds. The second-order valence-electron chi connectivity index (χ2n) is 9.72. The van der Waals surface area contributed by atoms with E-state index in [-0.39, 0.29) is 37.2 Å². The monoisotopic (exact) mass is 471 g/mol. The van der Waals surface area contributed by atoms with Crippen LogP contribution in [0, 0.1) is 31.6 Å². The number of phenols is 1. The summed E-state index contributed by atoms with van der Waals surface area (Å²) in [6, 6.07) is 3.81. The van der Waals surface area contributed by atoms with Crippen molar-refractivity contribution in [2.75, 3.05) is 19.8 Å². The van der Waals surface area contributed by atoms with Crippen LogP contribution in [0.15, 0.2) is 28.9 Å². The Kier molecular flexibility index (Phi) is 8.34. The van der Waals surface area contributed by atoms with Crippen molar-refractivity contribution < 1.29 is 30.0 Å². The van der Waals surface area contributed by atoms with Gasteiger partial charge in [0.2, 0.25) is 11.8 Å². The molecule has 0 spiro atoms. The fraction of sp³-hybridized carbons (Fsp3) is 0.556. The number of aliphatic hydroxyl groups is 3. The third kappa shape index (κ3) is 4.97. The smallest absolute Gasteiger partial charge is 0.233 e. The summed E-state index contributed by atoms with van der Waals surface area (Å²) < 4.78 is 0. The van der Waals surface area contributed by atoms with Gasteiger partial charge in [0, 0.05) is 12.5 Å². The maximum absolute atomic E-state index is 13.0. The Morgan fingerprint density at radius 3 is 2.38 bits per heavy atom. The number of nitrogens with zero attached hydrogens (tertiary/aromatic N) is 1. The lowest BCUT2D eigenvalue weighted by Gasteiger charge is -2.36. The molecule has 3 rings (SSSR count). The number of rotatable bonds is 9. The number of benzene rings is 1. The minimum absolute atomic E-state index is 0.232. The molecule has 4 atom stereocenters. The number of carbonyl (C=O) groups is 2. The third-order valence-electron chi connectivity index (χ3n) is 7.21. The third-order valence-corrected chi connectivity index (χ3v) is 7.21. The average molecular weight is 472 g/mol. The van der Waals surface area contributed by atoms with Crippen molar-refractivity contribution in [2.24, 2.45) is 17.8 Å². The number of imide groups is 1. The first kappa shape index (κ1) is 26.1. The molecule has 186 valence electrons. The maximum atomic E-state index is 13.0. The number of carbonyl (C=O) groups excluding carboxylic acids is 2. The van der Waals surface area contributed by atoms with Gasteiger partial charge in [-0.15, -0.1) is 0 Å². The van der Waals surface area contributed by atoms with Gasteiger partial charge in [0.1, 0.15) is 5.75 Å². The van der Waals surface area contributed by atoms with Crippen LogP contribution >= 0.6 is 0 Å². The fourth-order valence-electron chi connectivity index (χ4n) is 5.56. The van der Waals surface area contributed by atoms with E-state index in [1.54, 1.807) is 0 Å². The summed E-state index contributed by atoms with van der Waals surface area (Å²) in [4.78, 5) is 27.1. The van der Waals surface area contributed by atoms with Crippen molar-refractivity contribution in [1.82, 2.24) is 4.90 Å². The first-order valence-electron chi connectivity index (χ1n) is 12.1. The Morgan fingerprint density at radius 1 is 1.18 bits per heavy atom. The van der Waals surface area contributed by atoms with Crippen LogP contribution in [0.4, 0.5) is 0 Å². The molecule has 1 aromatic carbocycles. The van der Waals surface area contributed by atoms with E-state index in [0.29, 0.717) is 37.0 Å². The van der Waals surface area contributed by atoms with Gasteiger partial charge in [0.05, 0.1) is 31.2 Å². The highest BCUT2D eigenvalue weighted by molar-refractivity contribution is 6.05. The number of aryl methyl sites for hydroxylation is 2. The van der Waals surface area contributed by atoms with Crippen LogP contribution in [0.25, 0.3) is 6.08 Å². The lowest BCUT2D eigenvalue weighted by molar-refractivity contribution is -0.140. The summed E-state index contributed by atoms with van der Waals surface area (Å²) in [5.74, 6) is -2.20. The summed E-state index contributed by atoms with van der Waals surface area (Å²) in [7, 11) is 0. The number of phenolic OH excluding ortho intramolecular Hbond substituents is 1. The van der Waals surface area contributed by atoms with Crippen molar-refractivity contribution in [3.8, 4) is 5.75 Å². The topological polar surface area (TPSA) is 118 Å². The van der Waals surface area contributed by atoms with E-state index in [4.69, 9.17) is 0 Å². The zero-order valence-electron chi connectivity index (χ0n) is 20.5. The molecule has 0 unspecified atom stereocenters. The summed E-state index contributed by atoms with van der Waals surface area (Å²) >= 11 is 0. The molecule has 1 saturated heterocycles. The second-order valence-corrected chi connectivity index (χ2v) is 9.72. The number of amides is 2. The molecule has 1 fully saturated rings. The zero-order valence-corrected chi connectivity index (χ0v) is 20.5. The van der Waals surface area contributed by atoms with E-state index in [0.717, 1.165) is 22.3 Å². The lowest BCUT2D eigenvalue weighted by atomic mass is 9.68. The lowest BCUT2D eigenvalue weighted by Crippen LogP contribution is -2.39. The van der Waals surface area contributed by atoms with Gasteiger partial charge in [-0.25, -0.2) is 0 Å². The normalized spacial score (nSPS) is 24.1. The molecule has 0 aromatic heterocycles. The minimum atomic E-state index is -0.935. The molecule has 7 heteroatoms. The number of aliphatic hydroxyl groups excluding tert-OH is 3. The Hall–Kier alpha value is -2.48. The molecule has 2 aliphatic rings.